The summed E-state index contributed by atoms with van der Waals surface area (Å²) in [5.74, 6) is -0.198. The van der Waals surface area contributed by atoms with E-state index in [-0.39, 0.29) is 23.8 Å². The molecule has 0 aromatic heterocycles. The molecule has 236 valence electrons. The topological polar surface area (TPSA) is 96.0 Å². The lowest BCUT2D eigenvalue weighted by molar-refractivity contribution is -0.140. The van der Waals surface area contributed by atoms with E-state index in [2.05, 4.69) is 5.32 Å². The first-order valence-corrected chi connectivity index (χ1v) is 16.7. The van der Waals surface area contributed by atoms with Crippen LogP contribution in [0.1, 0.15) is 37.8 Å². The maximum absolute atomic E-state index is 14.5. The number of hydrogen-bond donors (Lipinski definition) is 1. The van der Waals surface area contributed by atoms with Crippen molar-refractivity contribution in [1.29, 1.82) is 0 Å². The van der Waals surface area contributed by atoms with Crippen LogP contribution in [0, 0.1) is 0 Å². The summed E-state index contributed by atoms with van der Waals surface area (Å²) >= 11 is 0. The van der Waals surface area contributed by atoms with Crippen molar-refractivity contribution in [2.45, 2.75) is 50.6 Å². The minimum absolute atomic E-state index is 0.0550. The SMILES string of the molecule is CCCCNC(=O)[C@H](Cc1ccccc1)N(Cc1ccccc1)C(=O)CN(c1ccc(OCC)cc1)S(=O)(=O)c1ccccc1. The van der Waals surface area contributed by atoms with Crippen LogP contribution in [-0.4, -0.2) is 50.9 Å². The molecule has 0 aliphatic carbocycles. The number of hydrogen-bond acceptors (Lipinski definition) is 5. The third-order valence-electron chi connectivity index (χ3n) is 7.34. The summed E-state index contributed by atoms with van der Waals surface area (Å²) in [6.45, 7) is 4.47. The zero-order valence-electron chi connectivity index (χ0n) is 25.8. The lowest BCUT2D eigenvalue weighted by atomic mass is 10.0. The molecule has 1 N–H and O–H groups in total. The molecule has 4 aromatic carbocycles. The van der Waals surface area contributed by atoms with E-state index in [0.29, 0.717) is 24.6 Å². The van der Waals surface area contributed by atoms with Gasteiger partial charge in [-0.25, -0.2) is 8.42 Å². The van der Waals surface area contributed by atoms with E-state index in [1.165, 1.54) is 17.0 Å². The first kappa shape index (κ1) is 33.3. The second kappa shape index (κ2) is 16.4. The lowest BCUT2D eigenvalue weighted by Crippen LogP contribution is -2.53. The average molecular weight is 628 g/mol. The smallest absolute Gasteiger partial charge is 0.264 e. The summed E-state index contributed by atoms with van der Waals surface area (Å²) in [6.07, 6.45) is 1.98. The summed E-state index contributed by atoms with van der Waals surface area (Å²) in [5.41, 5.74) is 2.02. The predicted octanol–water partition coefficient (Wildman–Crippen LogP) is 5.84. The Hall–Kier alpha value is -4.63. The van der Waals surface area contributed by atoms with Crippen LogP contribution >= 0.6 is 0 Å². The van der Waals surface area contributed by atoms with Crippen LogP contribution in [0.25, 0.3) is 0 Å². The van der Waals surface area contributed by atoms with Gasteiger partial charge in [0.25, 0.3) is 10.0 Å². The third-order valence-corrected chi connectivity index (χ3v) is 9.13. The highest BCUT2D eigenvalue weighted by Crippen LogP contribution is 2.27. The number of carbonyl (C=O) groups excluding carboxylic acids is 2. The van der Waals surface area contributed by atoms with E-state index in [1.54, 1.807) is 42.5 Å². The normalized spacial score (nSPS) is 11.8. The van der Waals surface area contributed by atoms with Gasteiger partial charge in [0.15, 0.2) is 0 Å². The summed E-state index contributed by atoms with van der Waals surface area (Å²) < 4.78 is 34.8. The molecule has 0 unspecified atom stereocenters. The Morgan fingerprint density at radius 1 is 0.778 bits per heavy atom. The molecule has 0 heterocycles. The first-order chi connectivity index (χ1) is 21.8. The number of amides is 2. The summed E-state index contributed by atoms with van der Waals surface area (Å²) in [4.78, 5) is 29.8. The molecule has 45 heavy (non-hydrogen) atoms. The Labute approximate surface area is 266 Å². The minimum atomic E-state index is -4.16. The van der Waals surface area contributed by atoms with E-state index < -0.39 is 28.5 Å². The molecule has 1 atom stereocenters. The Bertz CT molecular complexity index is 1600. The van der Waals surface area contributed by atoms with Crippen molar-refractivity contribution in [3.05, 3.63) is 126 Å². The number of rotatable bonds is 16. The Morgan fingerprint density at radius 2 is 1.36 bits per heavy atom. The van der Waals surface area contributed by atoms with Gasteiger partial charge in [0.1, 0.15) is 18.3 Å². The van der Waals surface area contributed by atoms with Crippen LogP contribution in [-0.2, 0) is 32.6 Å². The van der Waals surface area contributed by atoms with Gasteiger partial charge < -0.3 is 15.0 Å². The number of sulfonamides is 1. The van der Waals surface area contributed by atoms with E-state index in [4.69, 9.17) is 4.74 Å². The molecule has 0 saturated carbocycles. The molecular formula is C36H41N3O5S. The fourth-order valence-electron chi connectivity index (χ4n) is 4.96. The number of carbonyl (C=O) groups is 2. The average Bonchev–Trinajstić information content (AvgIpc) is 3.07. The number of unbranched alkanes of at least 4 members (excludes halogenated alkanes) is 1. The standard InChI is InChI=1S/C36H41N3O5S/c1-3-5-25-37-36(41)34(26-29-15-9-6-10-16-29)38(27-30-17-11-7-12-18-30)35(40)28-39(31-21-23-32(24-22-31)44-4-2)45(42,43)33-19-13-8-14-20-33/h6-24,34H,3-5,25-28H2,1-2H3,(H,37,41)/t34-/m0/s1. The van der Waals surface area contributed by atoms with Gasteiger partial charge in [-0.2, -0.15) is 0 Å². The number of benzene rings is 4. The van der Waals surface area contributed by atoms with E-state index in [9.17, 15) is 18.0 Å². The minimum Gasteiger partial charge on any atom is -0.494 e. The van der Waals surface area contributed by atoms with E-state index in [0.717, 1.165) is 28.3 Å². The predicted molar refractivity (Wildman–Crippen MR) is 177 cm³/mol. The Morgan fingerprint density at radius 3 is 1.93 bits per heavy atom. The third kappa shape index (κ3) is 9.18. The molecule has 4 aromatic rings. The van der Waals surface area contributed by atoms with Crippen LogP contribution in [0.5, 0.6) is 5.75 Å². The second-order valence-electron chi connectivity index (χ2n) is 10.6. The zero-order valence-corrected chi connectivity index (χ0v) is 26.7. The maximum atomic E-state index is 14.5. The van der Waals surface area contributed by atoms with Gasteiger partial charge in [-0.15, -0.1) is 0 Å². The van der Waals surface area contributed by atoms with Crippen LogP contribution in [0.2, 0.25) is 0 Å². The highest BCUT2D eigenvalue weighted by molar-refractivity contribution is 7.92. The van der Waals surface area contributed by atoms with Gasteiger partial charge >= 0.3 is 0 Å². The van der Waals surface area contributed by atoms with Crippen LogP contribution in [0.15, 0.2) is 120 Å². The molecule has 9 heteroatoms. The van der Waals surface area contributed by atoms with Crippen molar-refractivity contribution in [3.8, 4) is 5.75 Å². The van der Waals surface area contributed by atoms with Crippen molar-refractivity contribution in [1.82, 2.24) is 10.2 Å². The summed E-state index contributed by atoms with van der Waals surface area (Å²) in [5, 5.41) is 3.01. The number of nitrogens with zero attached hydrogens (tertiary/aromatic N) is 2. The highest BCUT2D eigenvalue weighted by Gasteiger charge is 2.34. The van der Waals surface area contributed by atoms with Gasteiger partial charge in [-0.3, -0.25) is 13.9 Å². The molecule has 0 spiro atoms. The summed E-state index contributed by atoms with van der Waals surface area (Å²) in [7, 11) is -4.16. The van der Waals surface area contributed by atoms with Crippen LogP contribution in [0.4, 0.5) is 5.69 Å². The van der Waals surface area contributed by atoms with Gasteiger partial charge in [0.2, 0.25) is 11.8 Å². The fraction of sp³-hybridized carbons (Fsp3) is 0.278. The maximum Gasteiger partial charge on any atom is 0.264 e. The van der Waals surface area contributed by atoms with Crippen molar-refractivity contribution >= 4 is 27.5 Å². The van der Waals surface area contributed by atoms with Crippen molar-refractivity contribution in [3.63, 3.8) is 0 Å². The number of nitrogens with one attached hydrogen (secondary N) is 1. The molecule has 0 saturated heterocycles. The molecule has 2 amide bonds. The number of ether oxygens (including phenoxy) is 1. The molecule has 4 rings (SSSR count). The van der Waals surface area contributed by atoms with Crippen molar-refractivity contribution in [2.24, 2.45) is 0 Å². The van der Waals surface area contributed by atoms with Crippen molar-refractivity contribution in [2.75, 3.05) is 24.0 Å². The van der Waals surface area contributed by atoms with E-state index in [1.807, 2.05) is 74.5 Å². The molecular weight excluding hydrogens is 586 g/mol. The van der Waals surface area contributed by atoms with Gasteiger partial charge in [0, 0.05) is 19.5 Å². The number of anilines is 1. The zero-order chi connectivity index (χ0) is 32.1. The van der Waals surface area contributed by atoms with Crippen LogP contribution in [0.3, 0.4) is 0 Å². The quantitative estimate of drug-likeness (QED) is 0.158. The second-order valence-corrected chi connectivity index (χ2v) is 12.5. The largest absolute Gasteiger partial charge is 0.494 e. The highest BCUT2D eigenvalue weighted by atomic mass is 32.2. The monoisotopic (exact) mass is 627 g/mol. The molecule has 0 bridgehead atoms. The molecule has 0 fully saturated rings. The lowest BCUT2D eigenvalue weighted by Gasteiger charge is -2.34. The van der Waals surface area contributed by atoms with Gasteiger partial charge in [0.05, 0.1) is 17.2 Å². The van der Waals surface area contributed by atoms with Gasteiger partial charge in [-0.1, -0.05) is 92.2 Å². The van der Waals surface area contributed by atoms with Crippen LogP contribution < -0.4 is 14.4 Å². The molecule has 0 radical (unpaired) electrons. The molecule has 8 nitrogen and oxygen atoms in total. The van der Waals surface area contributed by atoms with Gasteiger partial charge in [-0.05, 0) is 60.9 Å². The molecule has 0 aliphatic heterocycles. The Balaban J connectivity index is 1.76. The van der Waals surface area contributed by atoms with E-state index >= 15 is 0 Å². The molecule has 0 aliphatic rings. The summed E-state index contributed by atoms with van der Waals surface area (Å²) in [6, 6.07) is 32.7. The van der Waals surface area contributed by atoms with Crippen molar-refractivity contribution < 1.29 is 22.7 Å². The Kier molecular flexibility index (Phi) is 12.2. The first-order valence-electron chi connectivity index (χ1n) is 15.3. The fourth-order valence-corrected chi connectivity index (χ4v) is 6.40.